The minimum atomic E-state index is 0.0514. The predicted octanol–water partition coefficient (Wildman–Crippen LogP) is 3.83. The molecule has 148 valence electrons. The summed E-state index contributed by atoms with van der Waals surface area (Å²) in [6.07, 6.45) is 11.1. The number of morpholine rings is 1. The van der Waals surface area contributed by atoms with E-state index in [4.69, 9.17) is 9.72 Å². The van der Waals surface area contributed by atoms with Gasteiger partial charge in [0.05, 0.1) is 24.5 Å². The molecular formula is C22H33N3O2. The van der Waals surface area contributed by atoms with Crippen molar-refractivity contribution in [1.29, 1.82) is 0 Å². The highest BCUT2D eigenvalue weighted by Gasteiger charge is 2.38. The van der Waals surface area contributed by atoms with Crippen LogP contribution in [-0.4, -0.2) is 47.1 Å². The first kappa shape index (κ1) is 18.9. The first-order valence-corrected chi connectivity index (χ1v) is 10.8. The van der Waals surface area contributed by atoms with Crippen molar-refractivity contribution in [3.05, 3.63) is 23.3 Å². The maximum atomic E-state index is 12.9. The Morgan fingerprint density at radius 1 is 1.26 bits per heavy atom. The third-order valence-electron chi connectivity index (χ3n) is 6.80. The molecule has 1 aromatic heterocycles. The van der Waals surface area contributed by atoms with Crippen LogP contribution in [0.1, 0.15) is 80.2 Å². The topological polar surface area (TPSA) is 55.3 Å². The lowest BCUT2D eigenvalue weighted by Gasteiger charge is -2.27. The number of rotatable bonds is 6. The average molecular weight is 372 g/mol. The van der Waals surface area contributed by atoms with Gasteiger partial charge in [0.25, 0.3) is 5.91 Å². The van der Waals surface area contributed by atoms with Crippen LogP contribution in [0.3, 0.4) is 0 Å². The summed E-state index contributed by atoms with van der Waals surface area (Å²) in [6.45, 7) is 6.76. The number of amides is 1. The fourth-order valence-corrected chi connectivity index (χ4v) is 5.35. The summed E-state index contributed by atoms with van der Waals surface area (Å²) in [5, 5.41) is 0. The van der Waals surface area contributed by atoms with Gasteiger partial charge in [0.15, 0.2) is 0 Å². The molecule has 4 rings (SSSR count). The van der Waals surface area contributed by atoms with Gasteiger partial charge < -0.3 is 9.64 Å². The molecule has 1 saturated heterocycles. The van der Waals surface area contributed by atoms with Crippen LogP contribution in [0.25, 0.3) is 0 Å². The summed E-state index contributed by atoms with van der Waals surface area (Å²) in [6, 6.07) is 0. The molecule has 0 spiro atoms. The van der Waals surface area contributed by atoms with Crippen LogP contribution in [0.5, 0.6) is 0 Å². The first-order valence-electron chi connectivity index (χ1n) is 10.8. The number of hydrogen-bond acceptors (Lipinski definition) is 4. The number of nitrogens with zero attached hydrogens (tertiary/aromatic N) is 3. The molecule has 27 heavy (non-hydrogen) atoms. The van der Waals surface area contributed by atoms with E-state index in [0.29, 0.717) is 31.9 Å². The number of aromatic nitrogens is 2. The molecule has 1 aromatic rings. The minimum Gasteiger partial charge on any atom is -0.378 e. The lowest BCUT2D eigenvalue weighted by Crippen LogP contribution is -2.41. The highest BCUT2D eigenvalue weighted by molar-refractivity contribution is 5.95. The summed E-state index contributed by atoms with van der Waals surface area (Å²) in [7, 11) is 0. The van der Waals surface area contributed by atoms with Gasteiger partial charge >= 0.3 is 0 Å². The molecule has 0 aromatic carbocycles. The second-order valence-corrected chi connectivity index (χ2v) is 8.97. The number of aryl methyl sites for hydroxylation is 1. The van der Waals surface area contributed by atoms with E-state index in [2.05, 4.69) is 18.8 Å². The van der Waals surface area contributed by atoms with E-state index >= 15 is 0 Å². The van der Waals surface area contributed by atoms with E-state index < -0.39 is 0 Å². The van der Waals surface area contributed by atoms with Crippen molar-refractivity contribution in [2.45, 2.75) is 64.7 Å². The summed E-state index contributed by atoms with van der Waals surface area (Å²) in [5.41, 5.74) is 1.57. The SMILES string of the molecule is CC(C)c1nc(CCC[C@H]2C[C@@H]3CC[C@H]2C3)ncc1C(=O)N1CCOCC1. The van der Waals surface area contributed by atoms with E-state index in [-0.39, 0.29) is 11.8 Å². The molecule has 3 fully saturated rings. The number of carbonyl (C=O) groups excluding carboxylic acids is 1. The van der Waals surface area contributed by atoms with Crippen LogP contribution in [0.15, 0.2) is 6.20 Å². The van der Waals surface area contributed by atoms with Gasteiger partial charge in [0.1, 0.15) is 5.82 Å². The van der Waals surface area contributed by atoms with Gasteiger partial charge in [-0.2, -0.15) is 0 Å². The Kier molecular flexibility index (Phi) is 5.76. The molecule has 3 atom stereocenters. The van der Waals surface area contributed by atoms with E-state index in [1.54, 1.807) is 6.20 Å². The summed E-state index contributed by atoms with van der Waals surface area (Å²) >= 11 is 0. The number of carbonyl (C=O) groups is 1. The molecule has 3 aliphatic rings. The number of fused-ring (bicyclic) bond motifs is 2. The van der Waals surface area contributed by atoms with E-state index in [9.17, 15) is 4.79 Å². The van der Waals surface area contributed by atoms with Gasteiger partial charge in [-0.15, -0.1) is 0 Å². The fourth-order valence-electron chi connectivity index (χ4n) is 5.35. The second-order valence-electron chi connectivity index (χ2n) is 8.97. The summed E-state index contributed by atoms with van der Waals surface area (Å²) in [4.78, 5) is 24.1. The van der Waals surface area contributed by atoms with Crippen LogP contribution in [0, 0.1) is 17.8 Å². The fraction of sp³-hybridized carbons (Fsp3) is 0.773. The standard InChI is InChI=1S/C22H33N3O2/c1-15(2)21-19(22(26)25-8-10-27-11-9-25)14-23-20(24-21)5-3-4-17-12-16-6-7-18(17)13-16/h14-18H,3-13H2,1-2H3/t16-,17-,18-/m0/s1. The molecule has 1 aliphatic heterocycles. The number of ether oxygens (including phenoxy) is 1. The summed E-state index contributed by atoms with van der Waals surface area (Å²) < 4.78 is 5.36. The van der Waals surface area contributed by atoms with Crippen molar-refractivity contribution in [1.82, 2.24) is 14.9 Å². The Morgan fingerprint density at radius 2 is 2.07 bits per heavy atom. The van der Waals surface area contributed by atoms with Crippen LogP contribution in [0.2, 0.25) is 0 Å². The second kappa shape index (κ2) is 8.26. The predicted molar refractivity (Wildman–Crippen MR) is 105 cm³/mol. The maximum Gasteiger partial charge on any atom is 0.257 e. The lowest BCUT2D eigenvalue weighted by atomic mass is 9.85. The zero-order chi connectivity index (χ0) is 18.8. The van der Waals surface area contributed by atoms with Crippen LogP contribution in [0.4, 0.5) is 0 Å². The molecule has 0 N–H and O–H groups in total. The monoisotopic (exact) mass is 371 g/mol. The third-order valence-corrected chi connectivity index (χ3v) is 6.80. The van der Waals surface area contributed by atoms with Crippen molar-refractivity contribution in [2.24, 2.45) is 17.8 Å². The summed E-state index contributed by atoms with van der Waals surface area (Å²) in [5.74, 6) is 4.13. The van der Waals surface area contributed by atoms with Gasteiger partial charge in [-0.05, 0) is 55.8 Å². The van der Waals surface area contributed by atoms with Gasteiger partial charge in [0, 0.05) is 25.7 Å². The van der Waals surface area contributed by atoms with Crippen LogP contribution in [-0.2, 0) is 11.2 Å². The largest absolute Gasteiger partial charge is 0.378 e. The molecule has 2 heterocycles. The molecule has 0 unspecified atom stereocenters. The molecule has 5 heteroatoms. The third kappa shape index (κ3) is 4.18. The normalized spacial score (nSPS) is 27.5. The van der Waals surface area contributed by atoms with E-state index in [0.717, 1.165) is 35.7 Å². The Bertz CT molecular complexity index is 670. The van der Waals surface area contributed by atoms with Crippen molar-refractivity contribution < 1.29 is 9.53 Å². The van der Waals surface area contributed by atoms with Crippen molar-refractivity contribution in [3.63, 3.8) is 0 Å². The Hall–Kier alpha value is -1.49. The van der Waals surface area contributed by atoms with Crippen LogP contribution >= 0.6 is 0 Å². The first-order chi connectivity index (χ1) is 13.1. The molecule has 2 saturated carbocycles. The van der Waals surface area contributed by atoms with Gasteiger partial charge in [-0.1, -0.05) is 20.3 Å². The molecule has 0 radical (unpaired) electrons. The molecule has 1 amide bonds. The van der Waals surface area contributed by atoms with Gasteiger partial charge in [-0.3, -0.25) is 4.79 Å². The Labute approximate surface area is 162 Å². The minimum absolute atomic E-state index is 0.0514. The maximum absolute atomic E-state index is 12.9. The molecular weight excluding hydrogens is 338 g/mol. The average Bonchev–Trinajstić information content (AvgIpc) is 3.31. The van der Waals surface area contributed by atoms with Crippen molar-refractivity contribution in [2.75, 3.05) is 26.3 Å². The Balaban J connectivity index is 1.38. The smallest absolute Gasteiger partial charge is 0.257 e. The Morgan fingerprint density at radius 3 is 2.74 bits per heavy atom. The molecule has 2 bridgehead atoms. The van der Waals surface area contributed by atoms with Crippen LogP contribution < -0.4 is 0 Å². The van der Waals surface area contributed by atoms with E-state index in [1.165, 1.54) is 38.5 Å². The van der Waals surface area contributed by atoms with E-state index in [1.807, 2.05) is 4.90 Å². The number of hydrogen-bond donors (Lipinski definition) is 0. The van der Waals surface area contributed by atoms with Crippen molar-refractivity contribution in [3.8, 4) is 0 Å². The molecule has 2 aliphatic carbocycles. The highest BCUT2D eigenvalue weighted by Crippen LogP contribution is 2.49. The zero-order valence-electron chi connectivity index (χ0n) is 16.8. The lowest BCUT2D eigenvalue weighted by molar-refractivity contribution is 0.0301. The van der Waals surface area contributed by atoms with Gasteiger partial charge in [-0.25, -0.2) is 9.97 Å². The van der Waals surface area contributed by atoms with Crippen molar-refractivity contribution >= 4 is 5.91 Å². The highest BCUT2D eigenvalue weighted by atomic mass is 16.5. The van der Waals surface area contributed by atoms with Gasteiger partial charge in [0.2, 0.25) is 0 Å². The zero-order valence-corrected chi connectivity index (χ0v) is 16.8. The quantitative estimate of drug-likeness (QED) is 0.762. The molecule has 5 nitrogen and oxygen atoms in total.